The number of ether oxygens (including phenoxy) is 1. The normalized spacial score (nSPS) is 21.1. The SMILES string of the molecule is C=C(CC1C=CC(CN)=CC1)OC. The van der Waals surface area contributed by atoms with E-state index in [9.17, 15) is 0 Å². The van der Waals surface area contributed by atoms with Gasteiger partial charge in [-0.1, -0.05) is 24.8 Å². The molecular weight excluding hydrogens is 162 g/mol. The van der Waals surface area contributed by atoms with Crippen LogP contribution in [0.5, 0.6) is 0 Å². The van der Waals surface area contributed by atoms with Gasteiger partial charge in [-0.05, 0) is 17.9 Å². The second-order valence-electron chi connectivity index (χ2n) is 3.28. The minimum absolute atomic E-state index is 0.530. The summed E-state index contributed by atoms with van der Waals surface area (Å²) in [5.74, 6) is 1.38. The van der Waals surface area contributed by atoms with E-state index in [1.165, 1.54) is 5.57 Å². The van der Waals surface area contributed by atoms with Gasteiger partial charge in [0.2, 0.25) is 0 Å². The van der Waals surface area contributed by atoms with E-state index in [0.717, 1.165) is 18.6 Å². The van der Waals surface area contributed by atoms with E-state index in [4.69, 9.17) is 10.5 Å². The lowest BCUT2D eigenvalue weighted by molar-refractivity contribution is 0.268. The van der Waals surface area contributed by atoms with Crippen molar-refractivity contribution in [2.75, 3.05) is 13.7 Å². The van der Waals surface area contributed by atoms with Crippen molar-refractivity contribution in [1.29, 1.82) is 0 Å². The van der Waals surface area contributed by atoms with Crippen LogP contribution in [0.1, 0.15) is 12.8 Å². The van der Waals surface area contributed by atoms with Gasteiger partial charge in [-0.2, -0.15) is 0 Å². The standard InChI is InChI=1S/C11H17NO/c1-9(13-2)7-10-3-5-11(8-12)6-4-10/h3,5-6,10H,1,4,7-8,12H2,2H3. The van der Waals surface area contributed by atoms with Crippen molar-refractivity contribution in [3.05, 3.63) is 36.1 Å². The molecule has 1 aliphatic carbocycles. The Bertz CT molecular complexity index is 240. The number of rotatable bonds is 4. The van der Waals surface area contributed by atoms with Crippen molar-refractivity contribution >= 4 is 0 Å². The van der Waals surface area contributed by atoms with E-state index < -0.39 is 0 Å². The van der Waals surface area contributed by atoms with E-state index in [1.54, 1.807) is 7.11 Å². The quantitative estimate of drug-likeness (QED) is 0.670. The van der Waals surface area contributed by atoms with Crippen LogP contribution < -0.4 is 5.73 Å². The maximum absolute atomic E-state index is 5.51. The number of methoxy groups -OCH3 is 1. The smallest absolute Gasteiger partial charge is 0.0889 e. The first-order valence-electron chi connectivity index (χ1n) is 4.55. The van der Waals surface area contributed by atoms with Gasteiger partial charge < -0.3 is 10.5 Å². The Labute approximate surface area is 79.8 Å². The molecule has 0 heterocycles. The third kappa shape index (κ3) is 3.07. The molecule has 0 bridgehead atoms. The summed E-state index contributed by atoms with van der Waals surface area (Å²) in [4.78, 5) is 0. The summed E-state index contributed by atoms with van der Waals surface area (Å²) in [6.07, 6.45) is 8.42. The molecule has 0 aromatic rings. The Morgan fingerprint density at radius 1 is 1.77 bits per heavy atom. The summed E-state index contributed by atoms with van der Waals surface area (Å²) in [5.41, 5.74) is 6.74. The van der Waals surface area contributed by atoms with Gasteiger partial charge in [0.1, 0.15) is 0 Å². The van der Waals surface area contributed by atoms with Crippen LogP contribution in [0.15, 0.2) is 36.1 Å². The highest BCUT2D eigenvalue weighted by Crippen LogP contribution is 2.21. The van der Waals surface area contributed by atoms with Crippen molar-refractivity contribution < 1.29 is 4.74 Å². The van der Waals surface area contributed by atoms with E-state index >= 15 is 0 Å². The molecule has 1 rings (SSSR count). The zero-order chi connectivity index (χ0) is 9.68. The zero-order valence-electron chi connectivity index (χ0n) is 8.12. The molecule has 0 amide bonds. The fraction of sp³-hybridized carbons (Fsp3) is 0.455. The summed E-state index contributed by atoms with van der Waals surface area (Å²) in [5, 5.41) is 0. The molecule has 0 saturated heterocycles. The number of nitrogens with two attached hydrogens (primary N) is 1. The van der Waals surface area contributed by atoms with Crippen molar-refractivity contribution in [3.63, 3.8) is 0 Å². The van der Waals surface area contributed by atoms with Gasteiger partial charge in [0.15, 0.2) is 0 Å². The number of hydrogen-bond donors (Lipinski definition) is 1. The molecule has 0 fully saturated rings. The fourth-order valence-electron chi connectivity index (χ4n) is 1.39. The van der Waals surface area contributed by atoms with Gasteiger partial charge in [0.05, 0.1) is 12.9 Å². The molecule has 1 atom stereocenters. The maximum Gasteiger partial charge on any atom is 0.0889 e. The second kappa shape index (κ2) is 4.87. The van der Waals surface area contributed by atoms with Crippen LogP contribution in [0.25, 0.3) is 0 Å². The highest BCUT2D eigenvalue weighted by atomic mass is 16.5. The third-order valence-electron chi connectivity index (χ3n) is 2.28. The summed E-state index contributed by atoms with van der Waals surface area (Å²) < 4.78 is 5.03. The molecule has 0 aromatic heterocycles. The average Bonchev–Trinajstić information content (AvgIpc) is 2.19. The molecule has 2 heteroatoms. The molecule has 2 nitrogen and oxygen atoms in total. The molecule has 0 saturated carbocycles. The lowest BCUT2D eigenvalue weighted by Crippen LogP contribution is -2.07. The maximum atomic E-state index is 5.51. The minimum Gasteiger partial charge on any atom is -0.502 e. The van der Waals surface area contributed by atoms with E-state index in [1.807, 2.05) is 0 Å². The first-order chi connectivity index (χ1) is 6.26. The van der Waals surface area contributed by atoms with Gasteiger partial charge in [-0.25, -0.2) is 0 Å². The predicted octanol–water partition coefficient (Wildman–Crippen LogP) is 2.00. The lowest BCUT2D eigenvalue weighted by atomic mass is 9.93. The molecule has 0 radical (unpaired) electrons. The predicted molar refractivity (Wildman–Crippen MR) is 55.2 cm³/mol. The Hall–Kier alpha value is -1.02. The molecule has 0 spiro atoms. The first-order valence-corrected chi connectivity index (χ1v) is 4.55. The molecule has 0 aliphatic heterocycles. The van der Waals surface area contributed by atoms with Gasteiger partial charge in [0.25, 0.3) is 0 Å². The van der Waals surface area contributed by atoms with E-state index in [-0.39, 0.29) is 0 Å². The highest BCUT2D eigenvalue weighted by Gasteiger charge is 2.09. The molecule has 2 N–H and O–H groups in total. The monoisotopic (exact) mass is 179 g/mol. The van der Waals surface area contributed by atoms with Crippen molar-refractivity contribution in [2.24, 2.45) is 11.7 Å². The first kappa shape index (κ1) is 10.1. The molecular formula is C11H17NO. The van der Waals surface area contributed by atoms with E-state index in [2.05, 4.69) is 24.8 Å². The third-order valence-corrected chi connectivity index (χ3v) is 2.28. The van der Waals surface area contributed by atoms with Crippen LogP contribution in [0.4, 0.5) is 0 Å². The minimum atomic E-state index is 0.530. The topological polar surface area (TPSA) is 35.2 Å². The molecule has 13 heavy (non-hydrogen) atoms. The molecule has 1 aliphatic rings. The van der Waals surface area contributed by atoms with Crippen LogP contribution in [-0.4, -0.2) is 13.7 Å². The van der Waals surface area contributed by atoms with Crippen molar-refractivity contribution in [2.45, 2.75) is 12.8 Å². The lowest BCUT2D eigenvalue weighted by Gasteiger charge is -2.16. The molecule has 72 valence electrons. The van der Waals surface area contributed by atoms with Crippen LogP contribution in [0.3, 0.4) is 0 Å². The van der Waals surface area contributed by atoms with Gasteiger partial charge in [-0.15, -0.1) is 0 Å². The summed E-state index contributed by atoms with van der Waals surface area (Å²) in [6.45, 7) is 4.44. The van der Waals surface area contributed by atoms with Crippen molar-refractivity contribution in [3.8, 4) is 0 Å². The summed E-state index contributed by atoms with van der Waals surface area (Å²) in [7, 11) is 1.66. The Kier molecular flexibility index (Phi) is 3.77. The fourth-order valence-corrected chi connectivity index (χ4v) is 1.39. The van der Waals surface area contributed by atoms with Gasteiger partial charge >= 0.3 is 0 Å². The highest BCUT2D eigenvalue weighted by molar-refractivity contribution is 5.25. The number of hydrogen-bond acceptors (Lipinski definition) is 2. The Morgan fingerprint density at radius 2 is 2.54 bits per heavy atom. The van der Waals surface area contributed by atoms with Crippen LogP contribution >= 0.6 is 0 Å². The van der Waals surface area contributed by atoms with Crippen LogP contribution in [-0.2, 0) is 4.74 Å². The van der Waals surface area contributed by atoms with Crippen LogP contribution in [0.2, 0.25) is 0 Å². The summed E-state index contributed by atoms with van der Waals surface area (Å²) in [6, 6.07) is 0. The zero-order valence-corrected chi connectivity index (χ0v) is 8.12. The Balaban J connectivity index is 2.39. The van der Waals surface area contributed by atoms with Crippen molar-refractivity contribution in [1.82, 2.24) is 0 Å². The van der Waals surface area contributed by atoms with Gasteiger partial charge in [-0.3, -0.25) is 0 Å². The summed E-state index contributed by atoms with van der Waals surface area (Å²) >= 11 is 0. The van der Waals surface area contributed by atoms with Gasteiger partial charge in [0, 0.05) is 13.0 Å². The Morgan fingerprint density at radius 3 is 3.00 bits per heavy atom. The van der Waals surface area contributed by atoms with Crippen LogP contribution in [0, 0.1) is 5.92 Å². The molecule has 0 aromatic carbocycles. The van der Waals surface area contributed by atoms with E-state index in [0.29, 0.717) is 12.5 Å². The molecule has 1 unspecified atom stereocenters. The second-order valence-corrected chi connectivity index (χ2v) is 3.28. The average molecular weight is 179 g/mol. The number of allylic oxidation sites excluding steroid dienone is 3. The largest absolute Gasteiger partial charge is 0.502 e.